The lowest BCUT2D eigenvalue weighted by Crippen LogP contribution is -2.36. The highest BCUT2D eigenvalue weighted by Crippen LogP contribution is 2.18. The topological polar surface area (TPSA) is 38.3 Å². The summed E-state index contributed by atoms with van der Waals surface area (Å²) in [6.07, 6.45) is 1.84. The zero-order valence-electron chi connectivity index (χ0n) is 10.2. The van der Waals surface area contributed by atoms with Crippen molar-refractivity contribution in [3.05, 3.63) is 35.9 Å². The minimum Gasteiger partial charge on any atom is -0.465 e. The van der Waals surface area contributed by atoms with E-state index in [0.29, 0.717) is 6.61 Å². The summed E-state index contributed by atoms with van der Waals surface area (Å²) in [5, 5.41) is 3.40. The van der Waals surface area contributed by atoms with Crippen molar-refractivity contribution in [3.8, 4) is 0 Å². The van der Waals surface area contributed by atoms with Gasteiger partial charge in [0, 0.05) is 6.04 Å². The molecule has 0 radical (unpaired) electrons. The Hall–Kier alpha value is -1.35. The molecule has 0 saturated carbocycles. The largest absolute Gasteiger partial charge is 0.465 e. The van der Waals surface area contributed by atoms with E-state index < -0.39 is 0 Å². The Morgan fingerprint density at radius 3 is 2.82 bits per heavy atom. The molecule has 3 heteroatoms. The Morgan fingerprint density at radius 1 is 1.41 bits per heavy atom. The summed E-state index contributed by atoms with van der Waals surface area (Å²) in [5.41, 5.74) is 1.32. The zero-order chi connectivity index (χ0) is 12.1. The molecule has 0 spiro atoms. The SMILES string of the molecule is C[C@@H](NCCc1ccccc1)[C@H]1CCOC1=O. The Kier molecular flexibility index (Phi) is 4.15. The molecule has 3 nitrogen and oxygen atoms in total. The average molecular weight is 233 g/mol. The lowest BCUT2D eigenvalue weighted by atomic mass is 10.00. The van der Waals surface area contributed by atoms with Gasteiger partial charge in [-0.05, 0) is 31.9 Å². The summed E-state index contributed by atoms with van der Waals surface area (Å²) in [7, 11) is 0. The van der Waals surface area contributed by atoms with Crippen LogP contribution in [0.2, 0.25) is 0 Å². The number of nitrogens with one attached hydrogen (secondary N) is 1. The van der Waals surface area contributed by atoms with Crippen LogP contribution in [0.4, 0.5) is 0 Å². The first-order valence-corrected chi connectivity index (χ1v) is 6.21. The maximum atomic E-state index is 11.4. The van der Waals surface area contributed by atoms with E-state index in [0.717, 1.165) is 19.4 Å². The van der Waals surface area contributed by atoms with Crippen molar-refractivity contribution in [1.29, 1.82) is 0 Å². The smallest absolute Gasteiger partial charge is 0.310 e. The highest BCUT2D eigenvalue weighted by Gasteiger charge is 2.31. The highest BCUT2D eigenvalue weighted by molar-refractivity contribution is 5.74. The predicted molar refractivity (Wildman–Crippen MR) is 66.7 cm³/mol. The molecule has 1 aromatic rings. The molecule has 92 valence electrons. The standard InChI is InChI=1S/C14H19NO2/c1-11(13-8-10-17-14(13)16)15-9-7-12-5-3-2-4-6-12/h2-6,11,13,15H,7-10H2,1H3/t11-,13-/m1/s1. The van der Waals surface area contributed by atoms with Crippen LogP contribution >= 0.6 is 0 Å². The zero-order valence-corrected chi connectivity index (χ0v) is 10.2. The monoisotopic (exact) mass is 233 g/mol. The van der Waals surface area contributed by atoms with Crippen LogP contribution in [0.15, 0.2) is 30.3 Å². The van der Waals surface area contributed by atoms with Crippen LogP contribution < -0.4 is 5.32 Å². The molecule has 0 unspecified atom stereocenters. The van der Waals surface area contributed by atoms with Gasteiger partial charge in [-0.3, -0.25) is 4.79 Å². The van der Waals surface area contributed by atoms with E-state index in [4.69, 9.17) is 4.74 Å². The van der Waals surface area contributed by atoms with Crippen molar-refractivity contribution in [3.63, 3.8) is 0 Å². The third kappa shape index (κ3) is 3.30. The first-order valence-electron chi connectivity index (χ1n) is 6.21. The van der Waals surface area contributed by atoms with Crippen LogP contribution in [-0.2, 0) is 16.0 Å². The Bertz CT molecular complexity index is 364. The van der Waals surface area contributed by atoms with Crippen molar-refractivity contribution in [2.75, 3.05) is 13.2 Å². The molecular formula is C14H19NO2. The number of hydrogen-bond donors (Lipinski definition) is 1. The van der Waals surface area contributed by atoms with Crippen LogP contribution in [0.1, 0.15) is 18.9 Å². The molecule has 0 bridgehead atoms. The molecule has 1 heterocycles. The molecule has 0 aliphatic carbocycles. The summed E-state index contributed by atoms with van der Waals surface area (Å²) in [4.78, 5) is 11.4. The second-order valence-electron chi connectivity index (χ2n) is 4.54. The lowest BCUT2D eigenvalue weighted by molar-refractivity contribution is -0.141. The van der Waals surface area contributed by atoms with Crippen LogP contribution in [-0.4, -0.2) is 25.2 Å². The number of hydrogen-bond acceptors (Lipinski definition) is 3. The van der Waals surface area contributed by atoms with E-state index in [1.54, 1.807) is 0 Å². The van der Waals surface area contributed by atoms with Crippen molar-refractivity contribution in [2.24, 2.45) is 5.92 Å². The maximum Gasteiger partial charge on any atom is 0.310 e. The highest BCUT2D eigenvalue weighted by atomic mass is 16.5. The summed E-state index contributed by atoms with van der Waals surface area (Å²) < 4.78 is 4.97. The van der Waals surface area contributed by atoms with Gasteiger partial charge < -0.3 is 10.1 Å². The van der Waals surface area contributed by atoms with Crippen molar-refractivity contribution >= 4 is 5.97 Å². The molecule has 0 aromatic heterocycles. The molecule has 1 N–H and O–H groups in total. The number of esters is 1. The minimum absolute atomic E-state index is 0.0331. The number of ether oxygens (including phenoxy) is 1. The number of carbonyl (C=O) groups excluding carboxylic acids is 1. The minimum atomic E-state index is -0.0512. The molecule has 17 heavy (non-hydrogen) atoms. The summed E-state index contributed by atoms with van der Waals surface area (Å²) in [6.45, 7) is 3.53. The van der Waals surface area contributed by atoms with Crippen molar-refractivity contribution in [2.45, 2.75) is 25.8 Å². The van der Waals surface area contributed by atoms with E-state index in [-0.39, 0.29) is 17.9 Å². The Morgan fingerprint density at radius 2 is 2.18 bits per heavy atom. The van der Waals surface area contributed by atoms with E-state index in [1.807, 2.05) is 18.2 Å². The predicted octanol–water partition coefficient (Wildman–Crippen LogP) is 1.77. The van der Waals surface area contributed by atoms with Gasteiger partial charge >= 0.3 is 5.97 Å². The molecule has 0 amide bonds. The van der Waals surface area contributed by atoms with Gasteiger partial charge in [0.2, 0.25) is 0 Å². The first-order chi connectivity index (χ1) is 8.27. The van der Waals surface area contributed by atoms with E-state index >= 15 is 0 Å². The summed E-state index contributed by atoms with van der Waals surface area (Å²) >= 11 is 0. The van der Waals surface area contributed by atoms with Crippen LogP contribution in [0.3, 0.4) is 0 Å². The van der Waals surface area contributed by atoms with Crippen molar-refractivity contribution in [1.82, 2.24) is 5.32 Å². The number of cyclic esters (lactones) is 1. The fourth-order valence-corrected chi connectivity index (χ4v) is 2.20. The quantitative estimate of drug-likeness (QED) is 0.788. The fourth-order valence-electron chi connectivity index (χ4n) is 2.20. The van der Waals surface area contributed by atoms with Crippen LogP contribution in [0.5, 0.6) is 0 Å². The number of carbonyl (C=O) groups is 1. The van der Waals surface area contributed by atoms with Gasteiger partial charge in [-0.2, -0.15) is 0 Å². The number of rotatable bonds is 5. The normalized spacial score (nSPS) is 21.2. The van der Waals surface area contributed by atoms with E-state index in [1.165, 1.54) is 5.56 Å². The first kappa shape index (κ1) is 12.1. The lowest BCUT2D eigenvalue weighted by Gasteiger charge is -2.17. The van der Waals surface area contributed by atoms with Crippen LogP contribution in [0.25, 0.3) is 0 Å². The number of benzene rings is 1. The van der Waals surface area contributed by atoms with Gasteiger partial charge in [-0.25, -0.2) is 0 Å². The van der Waals surface area contributed by atoms with Crippen LogP contribution in [0, 0.1) is 5.92 Å². The second kappa shape index (κ2) is 5.82. The second-order valence-corrected chi connectivity index (χ2v) is 4.54. The summed E-state index contributed by atoms with van der Waals surface area (Å²) in [6, 6.07) is 10.6. The van der Waals surface area contributed by atoms with Gasteiger partial charge in [-0.15, -0.1) is 0 Å². The molecule has 1 aromatic carbocycles. The van der Waals surface area contributed by atoms with Gasteiger partial charge in [0.05, 0.1) is 12.5 Å². The Labute approximate surface area is 102 Å². The van der Waals surface area contributed by atoms with Crippen molar-refractivity contribution < 1.29 is 9.53 Å². The third-order valence-electron chi connectivity index (χ3n) is 3.30. The molecule has 1 aliphatic rings. The van der Waals surface area contributed by atoms with E-state index in [9.17, 15) is 4.79 Å². The summed E-state index contributed by atoms with van der Waals surface area (Å²) in [5.74, 6) is -0.0181. The van der Waals surface area contributed by atoms with Gasteiger partial charge in [0.15, 0.2) is 0 Å². The molecule has 2 rings (SSSR count). The van der Waals surface area contributed by atoms with E-state index in [2.05, 4.69) is 24.4 Å². The maximum absolute atomic E-state index is 11.4. The Balaban J connectivity index is 1.73. The third-order valence-corrected chi connectivity index (χ3v) is 3.30. The molecule has 1 saturated heterocycles. The average Bonchev–Trinajstić information content (AvgIpc) is 2.77. The molecular weight excluding hydrogens is 214 g/mol. The van der Waals surface area contributed by atoms with Gasteiger partial charge in [-0.1, -0.05) is 30.3 Å². The van der Waals surface area contributed by atoms with Gasteiger partial charge in [0.1, 0.15) is 0 Å². The molecule has 1 aliphatic heterocycles. The fraction of sp³-hybridized carbons (Fsp3) is 0.500. The molecule has 1 fully saturated rings. The van der Waals surface area contributed by atoms with Gasteiger partial charge in [0.25, 0.3) is 0 Å². The molecule has 2 atom stereocenters.